The van der Waals surface area contributed by atoms with Gasteiger partial charge < -0.3 is 14.6 Å². The molecule has 0 aliphatic carbocycles. The predicted octanol–water partition coefficient (Wildman–Crippen LogP) is 2.60. The zero-order valence-electron chi connectivity index (χ0n) is 12.6. The Bertz CT molecular complexity index is 573. The van der Waals surface area contributed by atoms with Gasteiger partial charge in [0, 0.05) is 30.9 Å². The Morgan fingerprint density at radius 1 is 1.43 bits per heavy atom. The Labute approximate surface area is 126 Å². The molecule has 3 rings (SSSR count). The van der Waals surface area contributed by atoms with Crippen LogP contribution in [0.3, 0.4) is 0 Å². The smallest absolute Gasteiger partial charge is 0.119 e. The standard InChI is InChI=1S/C17H23N3O/c1-21-16-6-2-4-14(10-16)7-9-20-13-19-12-17(20)15-5-3-8-18-11-15/h2,4,6,10,12-13,15,18H,3,5,7-9,11H2,1H3. The van der Waals surface area contributed by atoms with E-state index in [1.165, 1.54) is 24.1 Å². The third-order valence-corrected chi connectivity index (χ3v) is 4.24. The van der Waals surface area contributed by atoms with Gasteiger partial charge in [-0.2, -0.15) is 0 Å². The first-order valence-corrected chi connectivity index (χ1v) is 7.70. The van der Waals surface area contributed by atoms with Crippen molar-refractivity contribution < 1.29 is 4.74 Å². The molecule has 1 fully saturated rings. The first kappa shape index (κ1) is 14.1. The van der Waals surface area contributed by atoms with Gasteiger partial charge in [0.15, 0.2) is 0 Å². The van der Waals surface area contributed by atoms with Crippen molar-refractivity contribution in [1.82, 2.24) is 14.9 Å². The van der Waals surface area contributed by atoms with E-state index in [2.05, 4.69) is 27.0 Å². The van der Waals surface area contributed by atoms with Crippen molar-refractivity contribution in [3.63, 3.8) is 0 Å². The number of methoxy groups -OCH3 is 1. The SMILES string of the molecule is COc1cccc(CCn2cncc2C2CCCNC2)c1. The number of nitrogens with zero attached hydrogens (tertiary/aromatic N) is 2. The molecule has 1 saturated heterocycles. The molecule has 0 radical (unpaired) electrons. The van der Waals surface area contributed by atoms with E-state index >= 15 is 0 Å². The van der Waals surface area contributed by atoms with Crippen molar-refractivity contribution in [2.45, 2.75) is 31.7 Å². The molecule has 1 aromatic carbocycles. The highest BCUT2D eigenvalue weighted by Crippen LogP contribution is 2.23. The first-order valence-electron chi connectivity index (χ1n) is 7.70. The van der Waals surface area contributed by atoms with Crippen LogP contribution >= 0.6 is 0 Å². The quantitative estimate of drug-likeness (QED) is 0.918. The normalized spacial score (nSPS) is 18.6. The lowest BCUT2D eigenvalue weighted by Gasteiger charge is -2.23. The number of nitrogens with one attached hydrogen (secondary N) is 1. The van der Waals surface area contributed by atoms with E-state index < -0.39 is 0 Å². The number of imidazole rings is 1. The van der Waals surface area contributed by atoms with Crippen LogP contribution < -0.4 is 10.1 Å². The second kappa shape index (κ2) is 6.76. The van der Waals surface area contributed by atoms with Gasteiger partial charge in [-0.15, -0.1) is 0 Å². The van der Waals surface area contributed by atoms with Crippen LogP contribution in [0.4, 0.5) is 0 Å². The summed E-state index contributed by atoms with van der Waals surface area (Å²) in [5.41, 5.74) is 2.67. The Balaban J connectivity index is 1.66. The monoisotopic (exact) mass is 285 g/mol. The second-order valence-electron chi connectivity index (χ2n) is 5.66. The lowest BCUT2D eigenvalue weighted by Crippen LogP contribution is -2.29. The molecule has 1 atom stereocenters. The van der Waals surface area contributed by atoms with Crippen molar-refractivity contribution in [1.29, 1.82) is 0 Å². The van der Waals surface area contributed by atoms with E-state index in [4.69, 9.17) is 4.74 Å². The molecule has 0 amide bonds. The summed E-state index contributed by atoms with van der Waals surface area (Å²) in [5, 5.41) is 3.48. The number of hydrogen-bond acceptors (Lipinski definition) is 3. The predicted molar refractivity (Wildman–Crippen MR) is 83.8 cm³/mol. The fraction of sp³-hybridized carbons (Fsp3) is 0.471. The number of ether oxygens (including phenoxy) is 1. The van der Waals surface area contributed by atoms with Crippen LogP contribution in [0.2, 0.25) is 0 Å². The Morgan fingerprint density at radius 2 is 2.38 bits per heavy atom. The van der Waals surface area contributed by atoms with Crippen LogP contribution in [-0.2, 0) is 13.0 Å². The summed E-state index contributed by atoms with van der Waals surface area (Å²) in [6.45, 7) is 3.19. The second-order valence-corrected chi connectivity index (χ2v) is 5.66. The van der Waals surface area contributed by atoms with Gasteiger partial charge in [-0.05, 0) is 43.5 Å². The van der Waals surface area contributed by atoms with E-state index in [0.717, 1.165) is 31.8 Å². The molecule has 1 aromatic heterocycles. The zero-order chi connectivity index (χ0) is 14.5. The minimum absolute atomic E-state index is 0.603. The van der Waals surface area contributed by atoms with Gasteiger partial charge in [0.05, 0.1) is 13.4 Å². The van der Waals surface area contributed by atoms with Crippen LogP contribution in [0.1, 0.15) is 30.0 Å². The molecule has 1 aliphatic rings. The zero-order valence-corrected chi connectivity index (χ0v) is 12.6. The van der Waals surface area contributed by atoms with E-state index in [1.54, 1.807) is 7.11 Å². The van der Waals surface area contributed by atoms with Gasteiger partial charge in [0.25, 0.3) is 0 Å². The summed E-state index contributed by atoms with van der Waals surface area (Å²) < 4.78 is 7.59. The van der Waals surface area contributed by atoms with Crippen molar-refractivity contribution >= 4 is 0 Å². The topological polar surface area (TPSA) is 39.1 Å². The fourth-order valence-corrected chi connectivity index (χ4v) is 3.04. The summed E-state index contributed by atoms with van der Waals surface area (Å²) in [4.78, 5) is 4.35. The fourth-order valence-electron chi connectivity index (χ4n) is 3.04. The largest absolute Gasteiger partial charge is 0.497 e. The molecule has 2 heterocycles. The Kier molecular flexibility index (Phi) is 4.55. The molecule has 4 nitrogen and oxygen atoms in total. The average molecular weight is 285 g/mol. The Hall–Kier alpha value is -1.81. The minimum Gasteiger partial charge on any atom is -0.497 e. The van der Waals surface area contributed by atoms with E-state index in [0.29, 0.717) is 5.92 Å². The molecule has 2 aromatic rings. The minimum atomic E-state index is 0.603. The van der Waals surface area contributed by atoms with Crippen molar-refractivity contribution in [2.24, 2.45) is 0 Å². The van der Waals surface area contributed by atoms with Gasteiger partial charge in [-0.1, -0.05) is 12.1 Å². The van der Waals surface area contributed by atoms with Crippen LogP contribution in [-0.4, -0.2) is 29.8 Å². The molecular weight excluding hydrogens is 262 g/mol. The van der Waals surface area contributed by atoms with Crippen LogP contribution in [0.5, 0.6) is 5.75 Å². The maximum atomic E-state index is 5.28. The molecule has 1 unspecified atom stereocenters. The number of rotatable bonds is 5. The van der Waals surface area contributed by atoms with Gasteiger partial charge in [-0.3, -0.25) is 0 Å². The van der Waals surface area contributed by atoms with Crippen molar-refractivity contribution in [3.05, 3.63) is 48.0 Å². The molecule has 0 saturated carbocycles. The average Bonchev–Trinajstić information content (AvgIpc) is 3.02. The summed E-state index contributed by atoms with van der Waals surface area (Å²) in [6.07, 6.45) is 7.51. The molecule has 4 heteroatoms. The highest BCUT2D eigenvalue weighted by atomic mass is 16.5. The van der Waals surface area contributed by atoms with Crippen LogP contribution in [0.15, 0.2) is 36.8 Å². The molecule has 1 aliphatic heterocycles. The molecule has 21 heavy (non-hydrogen) atoms. The van der Waals surface area contributed by atoms with Crippen LogP contribution in [0.25, 0.3) is 0 Å². The van der Waals surface area contributed by atoms with Gasteiger partial charge in [-0.25, -0.2) is 4.98 Å². The maximum Gasteiger partial charge on any atom is 0.119 e. The summed E-state index contributed by atoms with van der Waals surface area (Å²) in [6, 6.07) is 8.30. The van der Waals surface area contributed by atoms with E-state index in [9.17, 15) is 0 Å². The lowest BCUT2D eigenvalue weighted by molar-refractivity contribution is 0.414. The lowest BCUT2D eigenvalue weighted by atomic mass is 9.96. The number of piperidine rings is 1. The van der Waals surface area contributed by atoms with Crippen molar-refractivity contribution in [2.75, 3.05) is 20.2 Å². The molecule has 0 bridgehead atoms. The van der Waals surface area contributed by atoms with Gasteiger partial charge in [0.2, 0.25) is 0 Å². The third-order valence-electron chi connectivity index (χ3n) is 4.24. The number of benzene rings is 1. The van der Waals surface area contributed by atoms with Gasteiger partial charge >= 0.3 is 0 Å². The Morgan fingerprint density at radius 3 is 3.19 bits per heavy atom. The molecule has 112 valence electrons. The van der Waals surface area contributed by atoms with Gasteiger partial charge in [0.1, 0.15) is 5.75 Å². The number of hydrogen-bond donors (Lipinski definition) is 1. The summed E-state index contributed by atoms with van der Waals surface area (Å²) in [5.74, 6) is 1.53. The summed E-state index contributed by atoms with van der Waals surface area (Å²) in [7, 11) is 1.71. The summed E-state index contributed by atoms with van der Waals surface area (Å²) >= 11 is 0. The first-order chi connectivity index (χ1) is 10.4. The maximum absolute atomic E-state index is 5.28. The third kappa shape index (κ3) is 3.45. The molecular formula is C17H23N3O. The van der Waals surface area contributed by atoms with E-state index in [-0.39, 0.29) is 0 Å². The van der Waals surface area contributed by atoms with Crippen LogP contribution in [0, 0.1) is 0 Å². The number of aromatic nitrogens is 2. The highest BCUT2D eigenvalue weighted by Gasteiger charge is 2.18. The van der Waals surface area contributed by atoms with E-state index in [1.807, 2.05) is 24.7 Å². The highest BCUT2D eigenvalue weighted by molar-refractivity contribution is 5.28. The molecule has 0 spiro atoms. The number of aryl methyl sites for hydroxylation is 2. The van der Waals surface area contributed by atoms with Crippen molar-refractivity contribution in [3.8, 4) is 5.75 Å². The molecule has 1 N–H and O–H groups in total.